The van der Waals surface area contributed by atoms with Crippen LogP contribution < -0.4 is 0 Å². The normalized spacial score (nSPS) is 12.2. The first-order valence-electron chi connectivity index (χ1n) is 4.75. The molecule has 0 spiro atoms. The van der Waals surface area contributed by atoms with E-state index in [2.05, 4.69) is 10.2 Å². The molecule has 0 atom stereocenters. The van der Waals surface area contributed by atoms with E-state index >= 15 is 0 Å². The number of hydrogen-bond donors (Lipinski definition) is 0. The summed E-state index contributed by atoms with van der Waals surface area (Å²) in [5.74, 6) is 0.764. The van der Waals surface area contributed by atoms with Crippen LogP contribution in [0.25, 0.3) is 11.5 Å². The summed E-state index contributed by atoms with van der Waals surface area (Å²) in [5, 5.41) is 7.26. The van der Waals surface area contributed by atoms with Gasteiger partial charge in [0.1, 0.15) is 6.26 Å². The molecule has 0 fully saturated rings. The van der Waals surface area contributed by atoms with E-state index in [4.69, 9.17) is 19.5 Å². The second kappa shape index (κ2) is 4.15. The highest BCUT2D eigenvalue weighted by Crippen LogP contribution is 2.26. The van der Waals surface area contributed by atoms with Crippen molar-refractivity contribution in [3.63, 3.8) is 0 Å². The van der Waals surface area contributed by atoms with Crippen LogP contribution in [-0.4, -0.2) is 18.6 Å². The summed E-state index contributed by atoms with van der Waals surface area (Å²) < 4.78 is 32.1. The molecule has 0 saturated heterocycles. The molecule has 2 aromatic heterocycles. The number of nitrogens with zero attached hydrogens (tertiary/aromatic N) is 2. The maximum atomic E-state index is 11.0. The Kier molecular flexibility index (Phi) is 2.96. The summed E-state index contributed by atoms with van der Waals surface area (Å²) in [7, 11) is 1.24. The monoisotopic (exact) mass is 276 g/mol. The third kappa shape index (κ3) is 2.50. The molecule has 0 aliphatic heterocycles. The lowest BCUT2D eigenvalue weighted by atomic mass is 10.2. The van der Waals surface area contributed by atoms with Gasteiger partial charge in [0.05, 0.1) is 5.56 Å². The van der Waals surface area contributed by atoms with Crippen molar-refractivity contribution in [1.82, 2.24) is 10.2 Å². The molecule has 0 aromatic carbocycles. The molecule has 8 heteroatoms. The van der Waals surface area contributed by atoms with Gasteiger partial charge in [-0.3, -0.25) is 0 Å². The summed E-state index contributed by atoms with van der Waals surface area (Å²) in [6.07, 6.45) is 1.20. The van der Waals surface area contributed by atoms with E-state index in [-0.39, 0.29) is 16.9 Å². The van der Waals surface area contributed by atoms with Crippen LogP contribution in [0.5, 0.6) is 0 Å². The van der Waals surface area contributed by atoms with Crippen LogP contribution in [0.2, 0.25) is 0 Å². The molecule has 92 valence electrons. The Labute approximate surface area is 102 Å². The SMILES string of the molecule is CC(C)c1nnc(-c2coc(S(=O)(=O)Cl)c2)o1. The number of aromatic nitrogens is 2. The van der Waals surface area contributed by atoms with Gasteiger partial charge in [0.15, 0.2) is 0 Å². The minimum Gasteiger partial charge on any atom is -0.451 e. The molecule has 0 unspecified atom stereocenters. The van der Waals surface area contributed by atoms with Crippen molar-refractivity contribution in [2.24, 2.45) is 0 Å². The molecule has 0 aliphatic carbocycles. The number of furan rings is 1. The fourth-order valence-electron chi connectivity index (χ4n) is 1.14. The largest absolute Gasteiger partial charge is 0.451 e. The highest BCUT2D eigenvalue weighted by atomic mass is 35.7. The average molecular weight is 277 g/mol. The van der Waals surface area contributed by atoms with E-state index in [1.165, 1.54) is 12.3 Å². The topological polar surface area (TPSA) is 86.2 Å². The second-order valence-corrected chi connectivity index (χ2v) is 6.19. The van der Waals surface area contributed by atoms with Crippen LogP contribution in [0.4, 0.5) is 0 Å². The zero-order chi connectivity index (χ0) is 12.6. The Morgan fingerprint density at radius 3 is 2.53 bits per heavy atom. The van der Waals surface area contributed by atoms with Gasteiger partial charge in [-0.25, -0.2) is 8.42 Å². The van der Waals surface area contributed by atoms with Gasteiger partial charge in [-0.05, 0) is 0 Å². The predicted octanol–water partition coefficient (Wildman–Crippen LogP) is 2.38. The number of hydrogen-bond acceptors (Lipinski definition) is 6. The molecule has 0 amide bonds. The molecule has 0 aliphatic rings. The van der Waals surface area contributed by atoms with Crippen LogP contribution >= 0.6 is 10.7 Å². The zero-order valence-electron chi connectivity index (χ0n) is 9.05. The summed E-state index contributed by atoms with van der Waals surface area (Å²) in [4.78, 5) is 0. The van der Waals surface area contributed by atoms with Crippen molar-refractivity contribution in [2.45, 2.75) is 24.9 Å². The lowest BCUT2D eigenvalue weighted by molar-refractivity contribution is 0.453. The molecule has 0 bridgehead atoms. The van der Waals surface area contributed by atoms with E-state index < -0.39 is 9.05 Å². The van der Waals surface area contributed by atoms with Crippen LogP contribution in [0.15, 0.2) is 26.3 Å². The van der Waals surface area contributed by atoms with E-state index in [1.807, 2.05) is 13.8 Å². The predicted molar refractivity (Wildman–Crippen MR) is 59.1 cm³/mol. The molecule has 2 rings (SSSR count). The van der Waals surface area contributed by atoms with Crippen LogP contribution in [0.1, 0.15) is 25.7 Å². The molecule has 0 N–H and O–H groups in total. The molecular formula is C9H9ClN2O4S. The molecule has 6 nitrogen and oxygen atoms in total. The van der Waals surface area contributed by atoms with Gasteiger partial charge in [-0.1, -0.05) is 13.8 Å². The highest BCUT2D eigenvalue weighted by molar-refractivity contribution is 8.13. The standard InChI is InChI=1S/C9H9ClN2O4S/c1-5(2)8-11-12-9(16-8)6-3-7(15-4-6)17(10,13)14/h3-5H,1-2H3. The van der Waals surface area contributed by atoms with E-state index in [9.17, 15) is 8.42 Å². The van der Waals surface area contributed by atoms with Crippen molar-refractivity contribution in [3.05, 3.63) is 18.2 Å². The molecule has 0 saturated carbocycles. The first-order chi connectivity index (χ1) is 7.88. The molecule has 0 radical (unpaired) electrons. The van der Waals surface area contributed by atoms with E-state index in [0.29, 0.717) is 11.5 Å². The zero-order valence-corrected chi connectivity index (χ0v) is 10.6. The first kappa shape index (κ1) is 12.1. The van der Waals surface area contributed by atoms with Crippen LogP contribution in [0, 0.1) is 0 Å². The van der Waals surface area contributed by atoms with Crippen molar-refractivity contribution in [1.29, 1.82) is 0 Å². The highest BCUT2D eigenvalue weighted by Gasteiger charge is 2.19. The second-order valence-electron chi connectivity index (χ2n) is 3.69. The Hall–Kier alpha value is -1.34. The van der Waals surface area contributed by atoms with Crippen LogP contribution in [-0.2, 0) is 9.05 Å². The van der Waals surface area contributed by atoms with Gasteiger partial charge >= 0.3 is 0 Å². The Bertz CT molecular complexity index is 629. The Balaban J connectivity index is 2.37. The lowest BCUT2D eigenvalue weighted by Gasteiger charge is -1.93. The number of rotatable bonds is 3. The summed E-state index contributed by atoms with van der Waals surface area (Å²) in [6.45, 7) is 3.81. The fourth-order valence-corrected chi connectivity index (χ4v) is 1.81. The Morgan fingerprint density at radius 2 is 2.06 bits per heavy atom. The maximum Gasteiger partial charge on any atom is 0.294 e. The summed E-state index contributed by atoms with van der Waals surface area (Å²) in [5.41, 5.74) is 0.378. The van der Waals surface area contributed by atoms with Gasteiger partial charge in [-0.2, -0.15) is 0 Å². The average Bonchev–Trinajstić information content (AvgIpc) is 2.85. The van der Waals surface area contributed by atoms with Gasteiger partial charge in [-0.15, -0.1) is 10.2 Å². The summed E-state index contributed by atoms with van der Waals surface area (Å²) in [6, 6.07) is 1.24. The summed E-state index contributed by atoms with van der Waals surface area (Å²) >= 11 is 0. The third-order valence-electron chi connectivity index (χ3n) is 2.00. The maximum absolute atomic E-state index is 11.0. The molecule has 2 heterocycles. The quantitative estimate of drug-likeness (QED) is 0.800. The molecular weight excluding hydrogens is 268 g/mol. The smallest absolute Gasteiger partial charge is 0.294 e. The van der Waals surface area contributed by atoms with Crippen molar-refractivity contribution < 1.29 is 17.3 Å². The van der Waals surface area contributed by atoms with Crippen molar-refractivity contribution in [3.8, 4) is 11.5 Å². The Morgan fingerprint density at radius 1 is 1.35 bits per heavy atom. The fraction of sp³-hybridized carbons (Fsp3) is 0.333. The minimum atomic E-state index is -3.88. The minimum absolute atomic E-state index is 0.0966. The van der Waals surface area contributed by atoms with Crippen LogP contribution in [0.3, 0.4) is 0 Å². The lowest BCUT2D eigenvalue weighted by Crippen LogP contribution is -1.85. The van der Waals surface area contributed by atoms with Crippen molar-refractivity contribution in [2.75, 3.05) is 0 Å². The molecule has 2 aromatic rings. The third-order valence-corrected chi connectivity index (χ3v) is 3.15. The van der Waals surface area contributed by atoms with Gasteiger partial charge in [0.2, 0.25) is 11.0 Å². The number of halogens is 1. The van der Waals surface area contributed by atoms with Crippen molar-refractivity contribution >= 4 is 19.7 Å². The van der Waals surface area contributed by atoms with E-state index in [1.54, 1.807) is 0 Å². The van der Waals surface area contributed by atoms with E-state index in [0.717, 1.165) is 0 Å². The first-order valence-corrected chi connectivity index (χ1v) is 7.06. The van der Waals surface area contributed by atoms with Gasteiger partial charge < -0.3 is 8.83 Å². The van der Waals surface area contributed by atoms with Gasteiger partial charge in [0.25, 0.3) is 14.9 Å². The molecule has 17 heavy (non-hydrogen) atoms. The van der Waals surface area contributed by atoms with Gasteiger partial charge in [0, 0.05) is 22.7 Å².